The van der Waals surface area contributed by atoms with E-state index in [9.17, 15) is 4.79 Å². The smallest absolute Gasteiger partial charge is 0.259 e. The van der Waals surface area contributed by atoms with Crippen LogP contribution in [-0.2, 0) is 0 Å². The number of benzene rings is 1. The summed E-state index contributed by atoms with van der Waals surface area (Å²) in [7, 11) is 4.19. The Hall–Kier alpha value is -2.14. The predicted octanol–water partition coefficient (Wildman–Crippen LogP) is 3.14. The highest BCUT2D eigenvalue weighted by molar-refractivity contribution is 5.99. The standard InChI is InChI=1S/C19H25N3O2/c1-4-8-15-11-22(12-17(15)21(2)3)19(23)16-13-24-20-18(16)14-9-6-5-7-10-14/h5-7,9-10,13,15,17H,4,8,11-12H2,1-3H3. The summed E-state index contributed by atoms with van der Waals surface area (Å²) in [6.07, 6.45) is 3.75. The molecule has 2 aromatic rings. The van der Waals surface area contributed by atoms with Gasteiger partial charge in [-0.15, -0.1) is 0 Å². The van der Waals surface area contributed by atoms with Crippen LogP contribution in [0, 0.1) is 5.92 Å². The van der Waals surface area contributed by atoms with Gasteiger partial charge in [-0.3, -0.25) is 4.79 Å². The van der Waals surface area contributed by atoms with Crippen LogP contribution in [0.3, 0.4) is 0 Å². The lowest BCUT2D eigenvalue weighted by Gasteiger charge is -2.24. The summed E-state index contributed by atoms with van der Waals surface area (Å²) in [5.74, 6) is 0.537. The van der Waals surface area contributed by atoms with E-state index in [1.54, 1.807) is 0 Å². The fourth-order valence-corrected chi connectivity index (χ4v) is 3.62. The first-order chi connectivity index (χ1) is 11.6. The van der Waals surface area contributed by atoms with Crippen LogP contribution in [0.1, 0.15) is 30.1 Å². The molecular weight excluding hydrogens is 302 g/mol. The molecule has 24 heavy (non-hydrogen) atoms. The number of amides is 1. The van der Waals surface area contributed by atoms with Gasteiger partial charge in [0.15, 0.2) is 0 Å². The molecule has 1 amide bonds. The lowest BCUT2D eigenvalue weighted by molar-refractivity contribution is 0.0780. The zero-order chi connectivity index (χ0) is 17.1. The molecule has 0 radical (unpaired) electrons. The summed E-state index contributed by atoms with van der Waals surface area (Å²) in [6.45, 7) is 3.76. The van der Waals surface area contributed by atoms with E-state index in [4.69, 9.17) is 4.52 Å². The lowest BCUT2D eigenvalue weighted by atomic mass is 9.98. The number of likely N-dealkylation sites (N-methyl/N-ethyl adjacent to an activating group) is 1. The van der Waals surface area contributed by atoms with Crippen molar-refractivity contribution in [2.24, 2.45) is 5.92 Å². The maximum Gasteiger partial charge on any atom is 0.259 e. The van der Waals surface area contributed by atoms with Gasteiger partial charge in [0.25, 0.3) is 5.91 Å². The minimum Gasteiger partial charge on any atom is -0.363 e. The Morgan fingerprint density at radius 3 is 2.71 bits per heavy atom. The molecule has 0 spiro atoms. The molecule has 2 heterocycles. The van der Waals surface area contributed by atoms with E-state index in [1.807, 2.05) is 35.2 Å². The van der Waals surface area contributed by atoms with Crippen LogP contribution in [0.4, 0.5) is 0 Å². The van der Waals surface area contributed by atoms with E-state index in [0.29, 0.717) is 23.2 Å². The summed E-state index contributed by atoms with van der Waals surface area (Å²) in [5.41, 5.74) is 2.08. The first-order valence-corrected chi connectivity index (χ1v) is 8.57. The molecule has 2 atom stereocenters. The Bertz CT molecular complexity index is 681. The molecule has 1 aliphatic heterocycles. The average Bonchev–Trinajstić information content (AvgIpc) is 3.22. The van der Waals surface area contributed by atoms with Crippen molar-refractivity contribution < 1.29 is 9.32 Å². The van der Waals surface area contributed by atoms with Crippen LogP contribution in [0.25, 0.3) is 11.3 Å². The molecule has 3 rings (SSSR count). The van der Waals surface area contributed by atoms with Crippen molar-refractivity contribution in [3.63, 3.8) is 0 Å². The molecule has 2 unspecified atom stereocenters. The number of likely N-dealkylation sites (tertiary alicyclic amines) is 1. The topological polar surface area (TPSA) is 49.6 Å². The molecule has 0 N–H and O–H groups in total. The quantitative estimate of drug-likeness (QED) is 0.846. The Morgan fingerprint density at radius 2 is 2.04 bits per heavy atom. The van der Waals surface area contributed by atoms with Gasteiger partial charge < -0.3 is 14.3 Å². The second-order valence-electron chi connectivity index (χ2n) is 6.73. The molecule has 5 nitrogen and oxygen atoms in total. The Labute approximate surface area is 143 Å². The molecule has 1 aromatic carbocycles. The SMILES string of the molecule is CCCC1CN(C(=O)c2conc2-c2ccccc2)CC1N(C)C. The van der Waals surface area contributed by atoms with Crippen LogP contribution in [-0.4, -0.2) is 54.1 Å². The molecule has 1 aliphatic rings. The maximum atomic E-state index is 13.0. The van der Waals surface area contributed by atoms with Gasteiger partial charge in [-0.25, -0.2) is 0 Å². The van der Waals surface area contributed by atoms with Crippen molar-refractivity contribution in [2.45, 2.75) is 25.8 Å². The summed E-state index contributed by atoms with van der Waals surface area (Å²) < 4.78 is 5.12. The second-order valence-corrected chi connectivity index (χ2v) is 6.73. The van der Waals surface area contributed by atoms with Gasteiger partial charge in [-0.05, 0) is 26.4 Å². The first kappa shape index (κ1) is 16.7. The van der Waals surface area contributed by atoms with Crippen molar-refractivity contribution >= 4 is 5.91 Å². The van der Waals surface area contributed by atoms with Crippen molar-refractivity contribution in [3.05, 3.63) is 42.2 Å². The van der Waals surface area contributed by atoms with E-state index in [-0.39, 0.29) is 5.91 Å². The summed E-state index contributed by atoms with van der Waals surface area (Å²) in [6, 6.07) is 10.1. The van der Waals surface area contributed by atoms with Crippen LogP contribution in [0.2, 0.25) is 0 Å². The van der Waals surface area contributed by atoms with Crippen molar-refractivity contribution in [2.75, 3.05) is 27.2 Å². The van der Waals surface area contributed by atoms with Gasteiger partial charge in [0.2, 0.25) is 0 Å². The second kappa shape index (κ2) is 7.18. The monoisotopic (exact) mass is 327 g/mol. The van der Waals surface area contributed by atoms with Crippen LogP contribution in [0.15, 0.2) is 41.1 Å². The third-order valence-corrected chi connectivity index (χ3v) is 4.86. The molecule has 1 saturated heterocycles. The van der Waals surface area contributed by atoms with Gasteiger partial charge in [-0.1, -0.05) is 48.8 Å². The molecule has 5 heteroatoms. The lowest BCUT2D eigenvalue weighted by Crippen LogP contribution is -2.36. The molecule has 0 saturated carbocycles. The summed E-state index contributed by atoms with van der Waals surface area (Å²) in [4.78, 5) is 17.2. The van der Waals surface area contributed by atoms with E-state index in [0.717, 1.165) is 31.5 Å². The largest absolute Gasteiger partial charge is 0.363 e. The fourth-order valence-electron chi connectivity index (χ4n) is 3.62. The predicted molar refractivity (Wildman–Crippen MR) is 93.7 cm³/mol. The molecular formula is C19H25N3O2. The average molecular weight is 327 g/mol. The van der Waals surface area contributed by atoms with Crippen LogP contribution in [0.5, 0.6) is 0 Å². The van der Waals surface area contributed by atoms with Gasteiger partial charge in [0, 0.05) is 24.7 Å². The highest BCUT2D eigenvalue weighted by atomic mass is 16.5. The molecule has 0 bridgehead atoms. The van der Waals surface area contributed by atoms with Gasteiger partial charge in [0.1, 0.15) is 17.5 Å². The third kappa shape index (κ3) is 3.22. The number of nitrogens with zero attached hydrogens (tertiary/aromatic N) is 3. The van der Waals surface area contributed by atoms with E-state index < -0.39 is 0 Å². The Balaban J connectivity index is 1.82. The summed E-state index contributed by atoms with van der Waals surface area (Å²) in [5, 5.41) is 4.06. The number of hydrogen-bond acceptors (Lipinski definition) is 4. The van der Waals surface area contributed by atoms with Crippen molar-refractivity contribution in [1.29, 1.82) is 0 Å². The van der Waals surface area contributed by atoms with Crippen molar-refractivity contribution in [3.8, 4) is 11.3 Å². The van der Waals surface area contributed by atoms with Crippen molar-refractivity contribution in [1.82, 2.24) is 15.0 Å². The number of carbonyl (C=O) groups is 1. The molecule has 1 fully saturated rings. The zero-order valence-corrected chi connectivity index (χ0v) is 14.6. The van der Waals surface area contributed by atoms with E-state index in [1.165, 1.54) is 6.26 Å². The number of carbonyl (C=O) groups excluding carboxylic acids is 1. The summed E-state index contributed by atoms with van der Waals surface area (Å²) >= 11 is 0. The van der Waals surface area contributed by atoms with Gasteiger partial charge in [0.05, 0.1) is 0 Å². The highest BCUT2D eigenvalue weighted by Gasteiger charge is 2.37. The molecule has 1 aromatic heterocycles. The van der Waals surface area contributed by atoms with Crippen LogP contribution >= 0.6 is 0 Å². The maximum absolute atomic E-state index is 13.0. The minimum absolute atomic E-state index is 0.0144. The zero-order valence-electron chi connectivity index (χ0n) is 14.6. The number of rotatable bonds is 5. The van der Waals surface area contributed by atoms with Gasteiger partial charge >= 0.3 is 0 Å². The number of hydrogen-bond donors (Lipinski definition) is 0. The van der Waals surface area contributed by atoms with E-state index in [2.05, 4.69) is 31.1 Å². The highest BCUT2D eigenvalue weighted by Crippen LogP contribution is 2.29. The minimum atomic E-state index is 0.0144. The number of aromatic nitrogens is 1. The van der Waals surface area contributed by atoms with E-state index >= 15 is 0 Å². The molecule has 128 valence electrons. The first-order valence-electron chi connectivity index (χ1n) is 8.57. The van der Waals surface area contributed by atoms with Gasteiger partial charge in [-0.2, -0.15) is 0 Å². The third-order valence-electron chi connectivity index (χ3n) is 4.86. The van der Waals surface area contributed by atoms with Crippen LogP contribution < -0.4 is 0 Å². The fraction of sp³-hybridized carbons (Fsp3) is 0.474. The Kier molecular flexibility index (Phi) is 5.00. The molecule has 0 aliphatic carbocycles. The Morgan fingerprint density at radius 1 is 1.29 bits per heavy atom. The normalized spacial score (nSPS) is 20.8.